The van der Waals surface area contributed by atoms with E-state index in [0.717, 1.165) is 31.9 Å². The molecule has 26 heavy (non-hydrogen) atoms. The second-order valence-electron chi connectivity index (χ2n) is 5.91. The van der Waals surface area contributed by atoms with Gasteiger partial charge in [-0.2, -0.15) is 0 Å². The SMILES string of the molecule is CCCCCCNC(=NCCCNC(=O)c1cccc(O)c1)NCC.I. The zero-order valence-corrected chi connectivity index (χ0v) is 18.2. The molecule has 0 atom stereocenters. The lowest BCUT2D eigenvalue weighted by Gasteiger charge is -2.11. The minimum atomic E-state index is -0.180. The number of amides is 1. The van der Waals surface area contributed by atoms with E-state index < -0.39 is 0 Å². The van der Waals surface area contributed by atoms with E-state index in [2.05, 4.69) is 27.9 Å². The molecule has 1 aromatic rings. The fourth-order valence-electron chi connectivity index (χ4n) is 2.32. The van der Waals surface area contributed by atoms with Crippen LogP contribution in [0.2, 0.25) is 0 Å². The number of phenols is 1. The van der Waals surface area contributed by atoms with Crippen LogP contribution in [0.25, 0.3) is 0 Å². The van der Waals surface area contributed by atoms with Crippen LogP contribution in [0.15, 0.2) is 29.3 Å². The third kappa shape index (κ3) is 11.2. The minimum absolute atomic E-state index is 0. The van der Waals surface area contributed by atoms with Crippen LogP contribution in [-0.2, 0) is 0 Å². The Morgan fingerprint density at radius 3 is 2.50 bits per heavy atom. The molecule has 1 amide bonds. The van der Waals surface area contributed by atoms with Crippen molar-refractivity contribution in [2.45, 2.75) is 46.0 Å². The molecule has 0 aliphatic heterocycles. The maximum absolute atomic E-state index is 11.9. The summed E-state index contributed by atoms with van der Waals surface area (Å²) < 4.78 is 0. The van der Waals surface area contributed by atoms with E-state index in [4.69, 9.17) is 0 Å². The van der Waals surface area contributed by atoms with Crippen LogP contribution in [-0.4, -0.2) is 43.2 Å². The Bertz CT molecular complexity index is 538. The summed E-state index contributed by atoms with van der Waals surface area (Å²) in [5, 5.41) is 18.8. The van der Waals surface area contributed by atoms with Crippen molar-refractivity contribution in [3.05, 3.63) is 29.8 Å². The summed E-state index contributed by atoms with van der Waals surface area (Å²) >= 11 is 0. The quantitative estimate of drug-likeness (QED) is 0.171. The number of nitrogens with zero attached hydrogens (tertiary/aromatic N) is 1. The number of carbonyl (C=O) groups is 1. The fraction of sp³-hybridized carbons (Fsp3) is 0.579. The number of carbonyl (C=O) groups excluding carboxylic acids is 1. The van der Waals surface area contributed by atoms with E-state index in [0.29, 0.717) is 18.7 Å². The normalized spacial score (nSPS) is 10.8. The topological polar surface area (TPSA) is 85.8 Å². The molecule has 0 aliphatic carbocycles. The van der Waals surface area contributed by atoms with Gasteiger partial charge in [-0.1, -0.05) is 32.3 Å². The molecule has 0 spiro atoms. The molecule has 1 rings (SSSR count). The van der Waals surface area contributed by atoms with E-state index in [1.807, 2.05) is 6.92 Å². The minimum Gasteiger partial charge on any atom is -0.508 e. The monoisotopic (exact) mass is 476 g/mol. The first-order chi connectivity index (χ1) is 12.2. The lowest BCUT2D eigenvalue weighted by atomic mass is 10.2. The zero-order valence-electron chi connectivity index (χ0n) is 15.9. The summed E-state index contributed by atoms with van der Waals surface area (Å²) in [5.74, 6) is 0.747. The third-order valence-corrected chi connectivity index (χ3v) is 3.67. The summed E-state index contributed by atoms with van der Waals surface area (Å²) in [4.78, 5) is 16.5. The van der Waals surface area contributed by atoms with E-state index >= 15 is 0 Å². The number of hydrogen-bond acceptors (Lipinski definition) is 3. The highest BCUT2D eigenvalue weighted by atomic mass is 127. The second-order valence-corrected chi connectivity index (χ2v) is 5.91. The molecule has 6 nitrogen and oxygen atoms in total. The Morgan fingerprint density at radius 1 is 1.04 bits per heavy atom. The molecule has 0 heterocycles. The van der Waals surface area contributed by atoms with E-state index in [-0.39, 0.29) is 35.6 Å². The van der Waals surface area contributed by atoms with Crippen LogP contribution in [0, 0.1) is 0 Å². The number of aromatic hydroxyl groups is 1. The van der Waals surface area contributed by atoms with Crippen molar-refractivity contribution < 1.29 is 9.90 Å². The van der Waals surface area contributed by atoms with Crippen LogP contribution in [0.4, 0.5) is 0 Å². The third-order valence-electron chi connectivity index (χ3n) is 3.67. The van der Waals surface area contributed by atoms with Gasteiger partial charge in [0, 0.05) is 31.7 Å². The molecule has 7 heteroatoms. The predicted octanol–water partition coefficient (Wildman–Crippen LogP) is 3.27. The van der Waals surface area contributed by atoms with Gasteiger partial charge in [0.25, 0.3) is 5.91 Å². The molecule has 0 bridgehead atoms. The second kappa shape index (κ2) is 15.7. The van der Waals surface area contributed by atoms with Gasteiger partial charge < -0.3 is 21.1 Å². The van der Waals surface area contributed by atoms with E-state index in [1.165, 1.54) is 25.3 Å². The lowest BCUT2D eigenvalue weighted by Crippen LogP contribution is -2.38. The fourth-order valence-corrected chi connectivity index (χ4v) is 2.32. The van der Waals surface area contributed by atoms with Crippen LogP contribution >= 0.6 is 24.0 Å². The standard InChI is InChI=1S/C19H32N4O2.HI/c1-3-5-6-7-12-22-19(20-4-2)23-14-9-13-21-18(25)16-10-8-11-17(24)15-16;/h8,10-11,15,24H,3-7,9,12-14H2,1-2H3,(H,21,25)(H2,20,22,23);1H. The largest absolute Gasteiger partial charge is 0.508 e. The first-order valence-electron chi connectivity index (χ1n) is 9.26. The number of benzene rings is 1. The number of hydrogen-bond donors (Lipinski definition) is 4. The summed E-state index contributed by atoms with van der Waals surface area (Å²) in [6.45, 7) is 7.20. The Balaban J connectivity index is 0.00000625. The molecular weight excluding hydrogens is 443 g/mol. The van der Waals surface area contributed by atoms with E-state index in [9.17, 15) is 9.90 Å². The summed E-state index contributed by atoms with van der Waals surface area (Å²) in [6, 6.07) is 6.34. The average Bonchev–Trinajstić information content (AvgIpc) is 2.61. The summed E-state index contributed by atoms with van der Waals surface area (Å²) in [7, 11) is 0. The van der Waals surface area contributed by atoms with Crippen molar-refractivity contribution in [2.24, 2.45) is 4.99 Å². The first kappa shape index (κ1) is 24.5. The average molecular weight is 476 g/mol. The van der Waals surface area contributed by atoms with Crippen molar-refractivity contribution in [3.63, 3.8) is 0 Å². The molecule has 0 radical (unpaired) electrons. The molecule has 0 saturated carbocycles. The van der Waals surface area contributed by atoms with Gasteiger partial charge in [-0.05, 0) is 38.0 Å². The number of unbranched alkanes of at least 4 members (excludes halogenated alkanes) is 3. The number of guanidine groups is 1. The highest BCUT2D eigenvalue weighted by Crippen LogP contribution is 2.10. The molecule has 0 fully saturated rings. The highest BCUT2D eigenvalue weighted by molar-refractivity contribution is 14.0. The number of aliphatic imine (C=N–C) groups is 1. The lowest BCUT2D eigenvalue weighted by molar-refractivity contribution is 0.0953. The van der Waals surface area contributed by atoms with Gasteiger partial charge in [0.05, 0.1) is 0 Å². The maximum Gasteiger partial charge on any atom is 0.251 e. The van der Waals surface area contributed by atoms with Crippen LogP contribution in [0.1, 0.15) is 56.3 Å². The van der Waals surface area contributed by atoms with Gasteiger partial charge in [0.1, 0.15) is 5.75 Å². The van der Waals surface area contributed by atoms with Gasteiger partial charge in [-0.3, -0.25) is 9.79 Å². The summed E-state index contributed by atoms with van der Waals surface area (Å²) in [5.41, 5.74) is 0.464. The molecule has 0 saturated heterocycles. The number of rotatable bonds is 11. The Kier molecular flexibility index (Phi) is 14.8. The number of nitrogens with one attached hydrogen (secondary N) is 3. The maximum atomic E-state index is 11.9. The first-order valence-corrected chi connectivity index (χ1v) is 9.26. The highest BCUT2D eigenvalue weighted by Gasteiger charge is 2.04. The molecule has 4 N–H and O–H groups in total. The smallest absolute Gasteiger partial charge is 0.251 e. The van der Waals surface area contributed by atoms with Crippen LogP contribution < -0.4 is 16.0 Å². The molecular formula is C19H33IN4O2. The van der Waals surface area contributed by atoms with Crippen molar-refractivity contribution in [1.82, 2.24) is 16.0 Å². The van der Waals surface area contributed by atoms with Crippen molar-refractivity contribution >= 4 is 35.8 Å². The van der Waals surface area contributed by atoms with Crippen molar-refractivity contribution in [2.75, 3.05) is 26.2 Å². The van der Waals surface area contributed by atoms with Gasteiger partial charge >= 0.3 is 0 Å². The Hall–Kier alpha value is -1.51. The predicted molar refractivity (Wildman–Crippen MR) is 119 cm³/mol. The van der Waals surface area contributed by atoms with Crippen molar-refractivity contribution in [1.29, 1.82) is 0 Å². The van der Waals surface area contributed by atoms with Gasteiger partial charge in [0.2, 0.25) is 0 Å². The van der Waals surface area contributed by atoms with E-state index in [1.54, 1.807) is 18.2 Å². The molecule has 0 aliphatic rings. The summed E-state index contributed by atoms with van der Waals surface area (Å²) in [6.07, 6.45) is 5.66. The van der Waals surface area contributed by atoms with Crippen LogP contribution in [0.5, 0.6) is 5.75 Å². The molecule has 0 unspecified atom stereocenters. The van der Waals surface area contributed by atoms with Crippen molar-refractivity contribution in [3.8, 4) is 5.75 Å². The van der Waals surface area contributed by atoms with Crippen LogP contribution in [0.3, 0.4) is 0 Å². The van der Waals surface area contributed by atoms with Gasteiger partial charge in [-0.15, -0.1) is 24.0 Å². The molecule has 1 aromatic carbocycles. The zero-order chi connectivity index (χ0) is 18.3. The Morgan fingerprint density at radius 2 is 1.81 bits per heavy atom. The molecule has 148 valence electrons. The molecule has 0 aromatic heterocycles. The Labute approximate surface area is 174 Å². The number of halogens is 1. The number of phenolic OH excluding ortho intramolecular Hbond substituents is 1. The van der Waals surface area contributed by atoms with Gasteiger partial charge in [0.15, 0.2) is 5.96 Å². The van der Waals surface area contributed by atoms with Gasteiger partial charge in [-0.25, -0.2) is 0 Å².